The Morgan fingerprint density at radius 1 is 1.30 bits per heavy atom. The summed E-state index contributed by atoms with van der Waals surface area (Å²) >= 11 is 1.67. The number of hydrogen-bond donors (Lipinski definition) is 2. The van der Waals surface area contributed by atoms with Crippen molar-refractivity contribution < 1.29 is 9.18 Å². The molecule has 1 atom stereocenters. The number of amides is 1. The first-order valence-corrected chi connectivity index (χ1v) is 7.37. The third-order valence-electron chi connectivity index (χ3n) is 2.86. The molecule has 106 valence electrons. The first-order chi connectivity index (χ1) is 9.63. The monoisotopic (exact) mass is 292 g/mol. The summed E-state index contributed by atoms with van der Waals surface area (Å²) in [5, 5.41) is 10.0. The van der Waals surface area contributed by atoms with Crippen molar-refractivity contribution in [3.8, 4) is 0 Å². The number of benzene rings is 1. The van der Waals surface area contributed by atoms with E-state index in [4.69, 9.17) is 0 Å². The number of thiophene rings is 1. The molecule has 2 rings (SSSR count). The lowest BCUT2D eigenvalue weighted by Gasteiger charge is -2.13. The highest BCUT2D eigenvalue weighted by molar-refractivity contribution is 7.07. The third-order valence-corrected chi connectivity index (χ3v) is 3.59. The largest absolute Gasteiger partial charge is 0.325 e. The van der Waals surface area contributed by atoms with Gasteiger partial charge in [0.25, 0.3) is 0 Å². The molecule has 2 aromatic rings. The standard InChI is InChI=1S/C15H17FN2OS/c1-11(8-12-6-7-20-10-12)17-9-15(19)18-14-4-2-13(16)3-5-14/h2-7,10-11,17H,8-9H2,1H3,(H,18,19). The van der Waals surface area contributed by atoms with Crippen LogP contribution in [0.1, 0.15) is 12.5 Å². The number of halogens is 1. The fraction of sp³-hybridized carbons (Fsp3) is 0.267. The summed E-state index contributed by atoms with van der Waals surface area (Å²) in [6, 6.07) is 8.04. The molecule has 1 heterocycles. The molecule has 1 aromatic heterocycles. The molecule has 0 aliphatic rings. The van der Waals surface area contributed by atoms with Gasteiger partial charge in [0.2, 0.25) is 5.91 Å². The van der Waals surface area contributed by atoms with Crippen LogP contribution in [0.2, 0.25) is 0 Å². The van der Waals surface area contributed by atoms with E-state index in [1.807, 2.05) is 12.3 Å². The van der Waals surface area contributed by atoms with Crippen molar-refractivity contribution in [2.24, 2.45) is 0 Å². The molecule has 0 saturated heterocycles. The van der Waals surface area contributed by atoms with Gasteiger partial charge in [0.05, 0.1) is 6.54 Å². The molecule has 0 aliphatic carbocycles. The lowest BCUT2D eigenvalue weighted by atomic mass is 10.1. The van der Waals surface area contributed by atoms with Gasteiger partial charge in [-0.25, -0.2) is 4.39 Å². The molecule has 0 spiro atoms. The molecule has 0 fully saturated rings. The maximum absolute atomic E-state index is 12.7. The summed E-state index contributed by atoms with van der Waals surface area (Å²) in [7, 11) is 0. The number of rotatable bonds is 6. The van der Waals surface area contributed by atoms with Gasteiger partial charge in [-0.2, -0.15) is 11.3 Å². The first-order valence-electron chi connectivity index (χ1n) is 6.43. The second-order valence-corrected chi connectivity index (χ2v) is 5.45. The maximum atomic E-state index is 12.7. The summed E-state index contributed by atoms with van der Waals surface area (Å²) in [5.74, 6) is -0.445. The molecule has 0 bridgehead atoms. The molecule has 0 aliphatic heterocycles. The average molecular weight is 292 g/mol. The highest BCUT2D eigenvalue weighted by Gasteiger charge is 2.07. The SMILES string of the molecule is CC(Cc1ccsc1)NCC(=O)Nc1ccc(F)cc1. The molecule has 0 saturated carbocycles. The Morgan fingerprint density at radius 2 is 2.05 bits per heavy atom. The Hall–Kier alpha value is -1.72. The van der Waals surface area contributed by atoms with Crippen molar-refractivity contribution in [3.63, 3.8) is 0 Å². The number of carbonyl (C=O) groups is 1. The summed E-state index contributed by atoms with van der Waals surface area (Å²) < 4.78 is 12.7. The molecule has 3 nitrogen and oxygen atoms in total. The van der Waals surface area contributed by atoms with E-state index < -0.39 is 0 Å². The van der Waals surface area contributed by atoms with E-state index in [0.29, 0.717) is 5.69 Å². The van der Waals surface area contributed by atoms with Crippen molar-refractivity contribution >= 4 is 22.9 Å². The van der Waals surface area contributed by atoms with Gasteiger partial charge in [-0.1, -0.05) is 0 Å². The van der Waals surface area contributed by atoms with Crippen LogP contribution in [-0.2, 0) is 11.2 Å². The van der Waals surface area contributed by atoms with Gasteiger partial charge in [-0.15, -0.1) is 0 Å². The minimum absolute atomic E-state index is 0.131. The summed E-state index contributed by atoms with van der Waals surface area (Å²) in [4.78, 5) is 11.7. The van der Waals surface area contributed by atoms with E-state index in [1.54, 1.807) is 23.5 Å². The summed E-state index contributed by atoms with van der Waals surface area (Å²) in [6.07, 6.45) is 0.896. The Bertz CT molecular complexity index is 540. The van der Waals surface area contributed by atoms with Gasteiger partial charge in [0, 0.05) is 11.7 Å². The maximum Gasteiger partial charge on any atom is 0.238 e. The first kappa shape index (κ1) is 14.7. The Kier molecular flexibility index (Phi) is 5.26. The molecule has 1 unspecified atom stereocenters. The van der Waals surface area contributed by atoms with E-state index in [0.717, 1.165) is 6.42 Å². The van der Waals surface area contributed by atoms with Crippen molar-refractivity contribution in [1.29, 1.82) is 0 Å². The predicted molar refractivity (Wildman–Crippen MR) is 80.5 cm³/mol. The number of nitrogens with one attached hydrogen (secondary N) is 2. The van der Waals surface area contributed by atoms with Crippen LogP contribution < -0.4 is 10.6 Å². The van der Waals surface area contributed by atoms with Crippen molar-refractivity contribution in [2.45, 2.75) is 19.4 Å². The van der Waals surface area contributed by atoms with E-state index >= 15 is 0 Å². The zero-order chi connectivity index (χ0) is 14.4. The van der Waals surface area contributed by atoms with Gasteiger partial charge in [0.15, 0.2) is 0 Å². The minimum Gasteiger partial charge on any atom is -0.325 e. The molecule has 1 aromatic carbocycles. The van der Waals surface area contributed by atoms with Crippen molar-refractivity contribution in [2.75, 3.05) is 11.9 Å². The average Bonchev–Trinajstić information content (AvgIpc) is 2.92. The number of anilines is 1. The van der Waals surface area contributed by atoms with Crippen LogP contribution in [-0.4, -0.2) is 18.5 Å². The fourth-order valence-corrected chi connectivity index (χ4v) is 2.52. The zero-order valence-corrected chi connectivity index (χ0v) is 12.0. The highest BCUT2D eigenvalue weighted by atomic mass is 32.1. The van der Waals surface area contributed by atoms with E-state index in [-0.39, 0.29) is 24.3 Å². The molecule has 1 amide bonds. The van der Waals surface area contributed by atoms with Crippen LogP contribution in [0.15, 0.2) is 41.1 Å². The Labute approximate surface area is 121 Å². The smallest absolute Gasteiger partial charge is 0.238 e. The Morgan fingerprint density at radius 3 is 2.70 bits per heavy atom. The lowest BCUT2D eigenvalue weighted by molar-refractivity contribution is -0.115. The van der Waals surface area contributed by atoms with Gasteiger partial charge in [-0.3, -0.25) is 4.79 Å². The van der Waals surface area contributed by atoms with Gasteiger partial charge < -0.3 is 10.6 Å². The second-order valence-electron chi connectivity index (χ2n) is 4.67. The molecule has 20 heavy (non-hydrogen) atoms. The minimum atomic E-state index is -0.314. The molecular formula is C15H17FN2OS. The van der Waals surface area contributed by atoms with Crippen LogP contribution in [0.4, 0.5) is 10.1 Å². The third kappa shape index (κ3) is 4.75. The van der Waals surface area contributed by atoms with Crippen LogP contribution in [0.5, 0.6) is 0 Å². The van der Waals surface area contributed by atoms with Crippen LogP contribution >= 0.6 is 11.3 Å². The Balaban J connectivity index is 1.73. The molecule has 0 radical (unpaired) electrons. The van der Waals surface area contributed by atoms with Crippen molar-refractivity contribution in [1.82, 2.24) is 5.32 Å². The van der Waals surface area contributed by atoms with Crippen LogP contribution in [0, 0.1) is 5.82 Å². The predicted octanol–water partition coefficient (Wildman–Crippen LogP) is 3.05. The van der Waals surface area contributed by atoms with E-state index in [2.05, 4.69) is 22.1 Å². The van der Waals surface area contributed by atoms with E-state index in [9.17, 15) is 9.18 Å². The topological polar surface area (TPSA) is 41.1 Å². The molecule has 5 heteroatoms. The fourth-order valence-electron chi connectivity index (χ4n) is 1.84. The highest BCUT2D eigenvalue weighted by Crippen LogP contribution is 2.09. The van der Waals surface area contributed by atoms with E-state index in [1.165, 1.54) is 17.7 Å². The van der Waals surface area contributed by atoms with Crippen LogP contribution in [0.25, 0.3) is 0 Å². The van der Waals surface area contributed by atoms with Gasteiger partial charge in [0.1, 0.15) is 5.82 Å². The molecular weight excluding hydrogens is 275 g/mol. The van der Waals surface area contributed by atoms with Gasteiger partial charge in [-0.05, 0) is 60.0 Å². The lowest BCUT2D eigenvalue weighted by Crippen LogP contribution is -2.35. The van der Waals surface area contributed by atoms with Crippen molar-refractivity contribution in [3.05, 3.63) is 52.5 Å². The number of carbonyl (C=O) groups excluding carboxylic acids is 1. The number of hydrogen-bond acceptors (Lipinski definition) is 3. The second kappa shape index (κ2) is 7.17. The quantitative estimate of drug-likeness (QED) is 0.859. The summed E-state index contributed by atoms with van der Waals surface area (Å²) in [5.41, 5.74) is 1.87. The van der Waals surface area contributed by atoms with Gasteiger partial charge >= 0.3 is 0 Å². The molecule has 2 N–H and O–H groups in total. The zero-order valence-electron chi connectivity index (χ0n) is 11.2. The normalized spacial score (nSPS) is 12.1. The summed E-state index contributed by atoms with van der Waals surface area (Å²) in [6.45, 7) is 2.28. The van der Waals surface area contributed by atoms with Crippen LogP contribution in [0.3, 0.4) is 0 Å².